The number of rotatable bonds is 3. The van der Waals surface area contributed by atoms with Crippen LogP contribution in [-0.2, 0) is 4.79 Å². The van der Waals surface area contributed by atoms with Crippen LogP contribution in [0.1, 0.15) is 40.0 Å². The van der Waals surface area contributed by atoms with Gasteiger partial charge in [-0.05, 0) is 43.5 Å². The molecule has 1 heterocycles. The van der Waals surface area contributed by atoms with Crippen molar-refractivity contribution in [3.63, 3.8) is 0 Å². The summed E-state index contributed by atoms with van der Waals surface area (Å²) in [6.07, 6.45) is 2.02. The molecule has 1 saturated heterocycles. The van der Waals surface area contributed by atoms with E-state index >= 15 is 0 Å². The van der Waals surface area contributed by atoms with Crippen LogP contribution in [-0.4, -0.2) is 45.5 Å². The summed E-state index contributed by atoms with van der Waals surface area (Å²) in [7, 11) is 0. The minimum Gasteiger partial charge on any atom is -0.480 e. The minimum absolute atomic E-state index is 0.0926. The van der Waals surface area contributed by atoms with Gasteiger partial charge in [0.05, 0.1) is 5.56 Å². The Kier molecular flexibility index (Phi) is 4.02. The zero-order chi connectivity index (χ0) is 14.7. The minimum atomic E-state index is -1.06. The van der Waals surface area contributed by atoms with E-state index in [1.54, 1.807) is 0 Å². The fraction of sp³-hybridized carbons (Fsp3) is 0.357. The standard InChI is InChI=1S/C14H15NO5/c16-12(9-4-6-10(7-5-9)13(17)18)15-8-2-1-3-11(15)14(19)20/h4-7,11H,1-3,8H2,(H,17,18)(H,19,20). The van der Waals surface area contributed by atoms with Crippen molar-refractivity contribution in [1.82, 2.24) is 4.90 Å². The van der Waals surface area contributed by atoms with E-state index in [4.69, 9.17) is 10.2 Å². The molecule has 1 amide bonds. The highest BCUT2D eigenvalue weighted by Gasteiger charge is 2.32. The van der Waals surface area contributed by atoms with E-state index in [0.29, 0.717) is 18.5 Å². The highest BCUT2D eigenvalue weighted by atomic mass is 16.4. The fourth-order valence-corrected chi connectivity index (χ4v) is 2.35. The number of hydrogen-bond donors (Lipinski definition) is 2. The molecular weight excluding hydrogens is 262 g/mol. The molecule has 0 spiro atoms. The molecule has 6 heteroatoms. The number of likely N-dealkylation sites (tertiary alicyclic amines) is 1. The lowest BCUT2D eigenvalue weighted by Gasteiger charge is -2.33. The summed E-state index contributed by atoms with van der Waals surface area (Å²) in [4.78, 5) is 35.6. The van der Waals surface area contributed by atoms with Crippen molar-refractivity contribution in [2.75, 3.05) is 6.54 Å². The molecule has 1 atom stereocenters. The van der Waals surface area contributed by atoms with Crippen LogP contribution in [0.2, 0.25) is 0 Å². The summed E-state index contributed by atoms with van der Waals surface area (Å²) < 4.78 is 0. The first kappa shape index (κ1) is 14.0. The maximum Gasteiger partial charge on any atom is 0.335 e. The molecule has 1 aromatic carbocycles. The van der Waals surface area contributed by atoms with Gasteiger partial charge in [0.1, 0.15) is 6.04 Å². The van der Waals surface area contributed by atoms with Gasteiger partial charge in [-0.3, -0.25) is 4.79 Å². The Hall–Kier alpha value is -2.37. The Morgan fingerprint density at radius 1 is 1.00 bits per heavy atom. The topological polar surface area (TPSA) is 94.9 Å². The van der Waals surface area contributed by atoms with Crippen LogP contribution in [0, 0.1) is 0 Å². The van der Waals surface area contributed by atoms with Gasteiger partial charge in [-0.1, -0.05) is 0 Å². The average Bonchev–Trinajstić information content (AvgIpc) is 2.46. The summed E-state index contributed by atoms with van der Waals surface area (Å²) in [6.45, 7) is 0.413. The number of carboxylic acids is 2. The molecule has 2 rings (SSSR count). The first-order chi connectivity index (χ1) is 9.50. The Balaban J connectivity index is 2.20. The highest BCUT2D eigenvalue weighted by Crippen LogP contribution is 2.20. The second-order valence-corrected chi connectivity index (χ2v) is 4.73. The van der Waals surface area contributed by atoms with Crippen LogP contribution in [0.15, 0.2) is 24.3 Å². The molecule has 6 nitrogen and oxygen atoms in total. The van der Waals surface area contributed by atoms with Gasteiger partial charge in [-0.25, -0.2) is 9.59 Å². The van der Waals surface area contributed by atoms with Gasteiger partial charge in [0.15, 0.2) is 0 Å². The Morgan fingerprint density at radius 3 is 2.15 bits per heavy atom. The number of aliphatic carboxylic acids is 1. The summed E-state index contributed by atoms with van der Waals surface area (Å²) in [5.74, 6) is -2.43. The van der Waals surface area contributed by atoms with E-state index in [1.165, 1.54) is 29.2 Å². The molecule has 0 aromatic heterocycles. The van der Waals surface area contributed by atoms with E-state index in [1.807, 2.05) is 0 Å². The largest absolute Gasteiger partial charge is 0.480 e. The summed E-state index contributed by atoms with van der Waals surface area (Å²) in [6, 6.07) is 4.72. The lowest BCUT2D eigenvalue weighted by Crippen LogP contribution is -2.47. The molecule has 0 saturated carbocycles. The smallest absolute Gasteiger partial charge is 0.335 e. The van der Waals surface area contributed by atoms with Gasteiger partial charge in [0.25, 0.3) is 5.91 Å². The van der Waals surface area contributed by atoms with Gasteiger partial charge in [0.2, 0.25) is 0 Å². The highest BCUT2D eigenvalue weighted by molar-refractivity contribution is 5.97. The normalized spacial score (nSPS) is 18.6. The SMILES string of the molecule is O=C(O)c1ccc(C(=O)N2CCCCC2C(=O)O)cc1. The van der Waals surface area contributed by atoms with E-state index < -0.39 is 18.0 Å². The molecule has 106 valence electrons. The molecular formula is C14H15NO5. The maximum absolute atomic E-state index is 12.3. The van der Waals surface area contributed by atoms with Crippen LogP contribution in [0.3, 0.4) is 0 Å². The van der Waals surface area contributed by atoms with Gasteiger partial charge in [-0.15, -0.1) is 0 Å². The zero-order valence-electron chi connectivity index (χ0n) is 10.8. The quantitative estimate of drug-likeness (QED) is 0.872. The molecule has 1 unspecified atom stereocenters. The van der Waals surface area contributed by atoms with Crippen LogP contribution >= 0.6 is 0 Å². The third kappa shape index (κ3) is 2.79. The van der Waals surface area contributed by atoms with Crippen LogP contribution in [0.5, 0.6) is 0 Å². The first-order valence-electron chi connectivity index (χ1n) is 6.38. The van der Waals surface area contributed by atoms with Gasteiger partial charge < -0.3 is 15.1 Å². The maximum atomic E-state index is 12.3. The summed E-state index contributed by atoms with van der Waals surface area (Å²) in [5, 5.41) is 18.0. The van der Waals surface area contributed by atoms with Crippen LogP contribution < -0.4 is 0 Å². The Bertz CT molecular complexity index is 537. The molecule has 1 aliphatic rings. The third-order valence-electron chi connectivity index (χ3n) is 3.43. The third-order valence-corrected chi connectivity index (χ3v) is 3.43. The van der Waals surface area contributed by atoms with Crippen molar-refractivity contribution in [3.05, 3.63) is 35.4 Å². The number of amides is 1. The lowest BCUT2D eigenvalue weighted by molar-refractivity contribution is -0.143. The average molecular weight is 277 g/mol. The van der Waals surface area contributed by atoms with E-state index in [-0.39, 0.29) is 11.5 Å². The van der Waals surface area contributed by atoms with E-state index in [0.717, 1.165) is 12.8 Å². The Morgan fingerprint density at radius 2 is 1.60 bits per heavy atom. The molecule has 1 fully saturated rings. The number of piperidine rings is 1. The number of carbonyl (C=O) groups excluding carboxylic acids is 1. The zero-order valence-corrected chi connectivity index (χ0v) is 10.8. The Labute approximate surface area is 115 Å². The second-order valence-electron chi connectivity index (χ2n) is 4.73. The number of nitrogens with zero attached hydrogens (tertiary/aromatic N) is 1. The van der Waals surface area contributed by atoms with Crippen molar-refractivity contribution >= 4 is 17.8 Å². The van der Waals surface area contributed by atoms with Crippen LogP contribution in [0.25, 0.3) is 0 Å². The molecule has 0 aliphatic carbocycles. The van der Waals surface area contributed by atoms with Gasteiger partial charge >= 0.3 is 11.9 Å². The van der Waals surface area contributed by atoms with Gasteiger partial charge in [0, 0.05) is 12.1 Å². The number of hydrogen-bond acceptors (Lipinski definition) is 3. The van der Waals surface area contributed by atoms with Crippen LogP contribution in [0.4, 0.5) is 0 Å². The second kappa shape index (κ2) is 5.73. The van der Waals surface area contributed by atoms with Crippen molar-refractivity contribution in [2.24, 2.45) is 0 Å². The van der Waals surface area contributed by atoms with Crippen molar-refractivity contribution in [2.45, 2.75) is 25.3 Å². The predicted octanol–water partition coefficient (Wildman–Crippen LogP) is 1.46. The molecule has 0 bridgehead atoms. The van der Waals surface area contributed by atoms with Crippen molar-refractivity contribution in [3.8, 4) is 0 Å². The van der Waals surface area contributed by atoms with E-state index in [2.05, 4.69) is 0 Å². The summed E-state index contributed by atoms with van der Waals surface area (Å²) >= 11 is 0. The first-order valence-corrected chi connectivity index (χ1v) is 6.38. The fourth-order valence-electron chi connectivity index (χ4n) is 2.35. The molecule has 20 heavy (non-hydrogen) atoms. The molecule has 1 aromatic rings. The number of carboxylic acid groups (broad SMARTS) is 2. The number of aromatic carboxylic acids is 1. The molecule has 2 N–H and O–H groups in total. The summed E-state index contributed by atoms with van der Waals surface area (Å²) in [5.41, 5.74) is 0.401. The molecule has 0 radical (unpaired) electrons. The van der Waals surface area contributed by atoms with Gasteiger partial charge in [-0.2, -0.15) is 0 Å². The monoisotopic (exact) mass is 277 g/mol. The molecule has 1 aliphatic heterocycles. The number of benzene rings is 1. The lowest BCUT2D eigenvalue weighted by atomic mass is 10.0. The van der Waals surface area contributed by atoms with E-state index in [9.17, 15) is 14.4 Å². The van der Waals surface area contributed by atoms with Crippen molar-refractivity contribution in [1.29, 1.82) is 0 Å². The number of carbonyl (C=O) groups is 3. The predicted molar refractivity (Wildman–Crippen MR) is 69.7 cm³/mol. The van der Waals surface area contributed by atoms with Crippen molar-refractivity contribution < 1.29 is 24.6 Å².